The number of rotatable bonds is 8. The van der Waals surface area contributed by atoms with Crippen LogP contribution < -0.4 is 15.2 Å². The lowest BCUT2D eigenvalue weighted by Gasteiger charge is -2.11. The maximum Gasteiger partial charge on any atom is 0.175 e. The van der Waals surface area contributed by atoms with Gasteiger partial charge in [0.05, 0.1) is 19.1 Å². The molecular weight excluding hydrogens is 350 g/mol. The number of anilines is 1. The van der Waals surface area contributed by atoms with Crippen LogP contribution in [-0.4, -0.2) is 33.7 Å². The fourth-order valence-corrected chi connectivity index (χ4v) is 3.74. The Balaban J connectivity index is 2.04. The number of aromatic nitrogens is 4. The van der Waals surface area contributed by atoms with Gasteiger partial charge in [-0.1, -0.05) is 19.8 Å². The normalized spacial score (nSPS) is 11.0. The highest BCUT2D eigenvalue weighted by Crippen LogP contribution is 2.38. The second-order valence-corrected chi connectivity index (χ2v) is 6.81. The zero-order valence-electron chi connectivity index (χ0n) is 15.2. The molecule has 1 aromatic carbocycles. The lowest BCUT2D eigenvalue weighted by molar-refractivity contribution is 0.394. The first-order chi connectivity index (χ1) is 12.7. The summed E-state index contributed by atoms with van der Waals surface area (Å²) in [4.78, 5) is 14.1. The van der Waals surface area contributed by atoms with Gasteiger partial charge >= 0.3 is 0 Å². The van der Waals surface area contributed by atoms with E-state index in [1.165, 1.54) is 18.1 Å². The van der Waals surface area contributed by atoms with Gasteiger partial charge in [-0.15, -0.1) is 0 Å². The number of hydrogen-bond donors (Lipinski definition) is 1. The van der Waals surface area contributed by atoms with Crippen LogP contribution in [0.1, 0.15) is 26.2 Å². The van der Waals surface area contributed by atoms with E-state index in [9.17, 15) is 0 Å². The van der Waals surface area contributed by atoms with Crippen molar-refractivity contribution < 1.29 is 9.47 Å². The number of hydrogen-bond acceptors (Lipinski definition) is 7. The predicted octanol–water partition coefficient (Wildman–Crippen LogP) is 3.77. The Kier molecular flexibility index (Phi) is 5.82. The largest absolute Gasteiger partial charge is 0.497 e. The van der Waals surface area contributed by atoms with E-state index in [4.69, 9.17) is 20.2 Å². The number of nitrogen functional groups attached to an aromatic ring is 1. The van der Waals surface area contributed by atoms with Gasteiger partial charge in [-0.3, -0.25) is 0 Å². The van der Waals surface area contributed by atoms with E-state index in [0.29, 0.717) is 11.3 Å². The highest BCUT2D eigenvalue weighted by Gasteiger charge is 2.17. The molecule has 8 heteroatoms. The van der Waals surface area contributed by atoms with Gasteiger partial charge in [0.2, 0.25) is 0 Å². The summed E-state index contributed by atoms with van der Waals surface area (Å²) in [5, 5.41) is 0.815. The number of nitrogens with zero attached hydrogens (tertiary/aromatic N) is 4. The first-order valence-electron chi connectivity index (χ1n) is 8.54. The van der Waals surface area contributed by atoms with Crippen molar-refractivity contribution in [3.05, 3.63) is 24.5 Å². The van der Waals surface area contributed by atoms with Crippen LogP contribution in [0.25, 0.3) is 11.2 Å². The van der Waals surface area contributed by atoms with Crippen molar-refractivity contribution >= 4 is 28.7 Å². The SMILES string of the molecule is CCCCCn1c(Sc2cc(OC)ccc2OC)nc2c(N)ncnc21. The van der Waals surface area contributed by atoms with Crippen molar-refractivity contribution in [3.8, 4) is 11.5 Å². The van der Waals surface area contributed by atoms with Crippen molar-refractivity contribution in [2.24, 2.45) is 0 Å². The van der Waals surface area contributed by atoms with Crippen LogP contribution in [0, 0.1) is 0 Å². The van der Waals surface area contributed by atoms with Crippen LogP contribution in [0.15, 0.2) is 34.6 Å². The molecule has 7 nitrogen and oxygen atoms in total. The topological polar surface area (TPSA) is 88.1 Å². The maximum atomic E-state index is 6.01. The molecule has 3 aromatic rings. The Hall–Kier alpha value is -2.48. The van der Waals surface area contributed by atoms with Gasteiger partial charge < -0.3 is 19.8 Å². The number of unbranched alkanes of at least 4 members (excludes halogenated alkanes) is 2. The third-order valence-electron chi connectivity index (χ3n) is 4.08. The van der Waals surface area contributed by atoms with Crippen molar-refractivity contribution in [1.82, 2.24) is 19.5 Å². The van der Waals surface area contributed by atoms with E-state index in [-0.39, 0.29) is 0 Å². The summed E-state index contributed by atoms with van der Waals surface area (Å²) in [6, 6.07) is 5.70. The molecule has 0 amide bonds. The Morgan fingerprint density at radius 3 is 2.73 bits per heavy atom. The van der Waals surface area contributed by atoms with Crippen LogP contribution in [0.2, 0.25) is 0 Å². The van der Waals surface area contributed by atoms with E-state index in [1.54, 1.807) is 14.2 Å². The molecule has 26 heavy (non-hydrogen) atoms. The third-order valence-corrected chi connectivity index (χ3v) is 5.12. The number of fused-ring (bicyclic) bond motifs is 1. The molecule has 0 aliphatic heterocycles. The minimum atomic E-state index is 0.392. The van der Waals surface area contributed by atoms with Crippen molar-refractivity contribution in [3.63, 3.8) is 0 Å². The zero-order valence-corrected chi connectivity index (χ0v) is 16.0. The highest BCUT2D eigenvalue weighted by molar-refractivity contribution is 7.99. The lowest BCUT2D eigenvalue weighted by atomic mass is 10.2. The molecule has 138 valence electrons. The van der Waals surface area contributed by atoms with Crippen molar-refractivity contribution in [2.75, 3.05) is 20.0 Å². The molecular formula is C18H23N5O2S. The van der Waals surface area contributed by atoms with Crippen LogP contribution in [0.4, 0.5) is 5.82 Å². The molecule has 0 spiro atoms. The summed E-state index contributed by atoms with van der Waals surface area (Å²) in [7, 11) is 3.30. The van der Waals surface area contributed by atoms with Crippen LogP contribution >= 0.6 is 11.8 Å². The van der Waals surface area contributed by atoms with E-state index >= 15 is 0 Å². The Bertz CT molecular complexity index is 897. The molecule has 3 rings (SSSR count). The Morgan fingerprint density at radius 2 is 2.00 bits per heavy atom. The maximum absolute atomic E-state index is 6.01. The Morgan fingerprint density at radius 1 is 1.15 bits per heavy atom. The Labute approximate surface area is 156 Å². The average Bonchev–Trinajstić information content (AvgIpc) is 3.01. The molecule has 2 heterocycles. The number of aryl methyl sites for hydroxylation is 1. The van der Waals surface area contributed by atoms with E-state index in [0.717, 1.165) is 53.0 Å². The molecule has 0 aliphatic carbocycles. The minimum Gasteiger partial charge on any atom is -0.497 e. The van der Waals surface area contributed by atoms with Gasteiger partial charge in [-0.25, -0.2) is 15.0 Å². The summed E-state index contributed by atoms with van der Waals surface area (Å²) in [5.74, 6) is 1.92. The molecule has 0 unspecified atom stereocenters. The van der Waals surface area contributed by atoms with Gasteiger partial charge in [0, 0.05) is 6.54 Å². The molecule has 2 N–H and O–H groups in total. The van der Waals surface area contributed by atoms with Crippen molar-refractivity contribution in [1.29, 1.82) is 0 Å². The molecule has 0 saturated carbocycles. The third kappa shape index (κ3) is 3.70. The first kappa shape index (κ1) is 18.3. The average molecular weight is 373 g/mol. The van der Waals surface area contributed by atoms with Gasteiger partial charge in [0.1, 0.15) is 17.8 Å². The number of imidazole rings is 1. The second kappa shape index (κ2) is 8.27. The first-order valence-corrected chi connectivity index (χ1v) is 9.36. The molecule has 0 fully saturated rings. The number of ether oxygens (including phenoxy) is 2. The van der Waals surface area contributed by atoms with Crippen LogP contribution in [0.5, 0.6) is 11.5 Å². The van der Waals surface area contributed by atoms with Crippen LogP contribution in [-0.2, 0) is 6.54 Å². The highest BCUT2D eigenvalue weighted by atomic mass is 32.2. The summed E-state index contributed by atoms with van der Waals surface area (Å²) >= 11 is 1.51. The van der Waals surface area contributed by atoms with Crippen molar-refractivity contribution in [2.45, 2.75) is 42.8 Å². The second-order valence-electron chi connectivity index (χ2n) is 5.80. The number of nitrogens with two attached hydrogens (primary N) is 1. The zero-order chi connectivity index (χ0) is 18.5. The monoisotopic (exact) mass is 373 g/mol. The van der Waals surface area contributed by atoms with Gasteiger partial charge in [-0.2, -0.15) is 0 Å². The van der Waals surface area contributed by atoms with Gasteiger partial charge in [0.15, 0.2) is 22.1 Å². The summed E-state index contributed by atoms with van der Waals surface area (Å²) in [6.07, 6.45) is 4.83. The van der Waals surface area contributed by atoms with Gasteiger partial charge in [0.25, 0.3) is 0 Å². The quantitative estimate of drug-likeness (QED) is 0.601. The molecule has 0 aliphatic rings. The van der Waals surface area contributed by atoms with Gasteiger partial charge in [-0.05, 0) is 36.4 Å². The standard InChI is InChI=1S/C18H23N5O2S/c1-4-5-6-9-23-17-15(16(19)20-11-21-17)22-18(23)26-14-10-12(24-2)7-8-13(14)25-3/h7-8,10-11H,4-6,9H2,1-3H3,(H2,19,20,21). The van der Waals surface area contributed by atoms with E-state index < -0.39 is 0 Å². The fraction of sp³-hybridized carbons (Fsp3) is 0.389. The van der Waals surface area contributed by atoms with E-state index in [2.05, 4.69) is 21.5 Å². The molecule has 0 saturated heterocycles. The molecule has 2 aromatic heterocycles. The molecule has 0 bridgehead atoms. The summed E-state index contributed by atoms with van der Waals surface area (Å²) in [5.41, 5.74) is 7.40. The smallest absolute Gasteiger partial charge is 0.175 e. The summed E-state index contributed by atoms with van der Waals surface area (Å²) < 4.78 is 12.9. The number of benzene rings is 1. The number of methoxy groups -OCH3 is 2. The predicted molar refractivity (Wildman–Crippen MR) is 103 cm³/mol. The summed E-state index contributed by atoms with van der Waals surface area (Å²) in [6.45, 7) is 3.01. The molecule has 0 radical (unpaired) electrons. The van der Waals surface area contributed by atoms with E-state index in [1.807, 2.05) is 18.2 Å². The minimum absolute atomic E-state index is 0.392. The fourth-order valence-electron chi connectivity index (χ4n) is 2.70. The lowest BCUT2D eigenvalue weighted by Crippen LogP contribution is -2.02. The molecule has 0 atom stereocenters. The van der Waals surface area contributed by atoms with Crippen LogP contribution in [0.3, 0.4) is 0 Å².